The van der Waals surface area contributed by atoms with Crippen LogP contribution in [0.1, 0.15) is 25.5 Å². The van der Waals surface area contributed by atoms with Gasteiger partial charge in [-0.2, -0.15) is 0 Å². The van der Waals surface area contributed by atoms with Crippen LogP contribution in [-0.4, -0.2) is 42.0 Å². The predicted octanol–water partition coefficient (Wildman–Crippen LogP) is 0.687. The fourth-order valence-electron chi connectivity index (χ4n) is 2.23. The number of aliphatic hydroxyl groups excluding tert-OH is 1. The molecular weight excluding hydrogens is 230 g/mol. The molecule has 2 rings (SSSR count). The molecule has 1 fully saturated rings. The molecule has 0 radical (unpaired) electrons. The van der Waals surface area contributed by atoms with E-state index >= 15 is 0 Å². The first-order valence-electron chi connectivity index (χ1n) is 6.33. The number of hydrogen-bond donors (Lipinski definition) is 2. The van der Waals surface area contributed by atoms with Gasteiger partial charge >= 0.3 is 0 Å². The van der Waals surface area contributed by atoms with Crippen LogP contribution in [-0.2, 0) is 4.74 Å². The molecule has 5 heteroatoms. The van der Waals surface area contributed by atoms with E-state index in [1.165, 1.54) is 0 Å². The number of hydrogen-bond acceptors (Lipinski definition) is 5. The van der Waals surface area contributed by atoms with Crippen molar-refractivity contribution in [3.05, 3.63) is 23.9 Å². The predicted molar refractivity (Wildman–Crippen MR) is 70.5 cm³/mol. The zero-order valence-corrected chi connectivity index (χ0v) is 10.9. The Hall–Kier alpha value is -1.17. The summed E-state index contributed by atoms with van der Waals surface area (Å²) in [5.74, 6) is 0.904. The van der Waals surface area contributed by atoms with Crippen LogP contribution in [0, 0.1) is 0 Å². The van der Waals surface area contributed by atoms with Crippen LogP contribution in [0.2, 0.25) is 0 Å². The summed E-state index contributed by atoms with van der Waals surface area (Å²) in [5.41, 5.74) is 7.02. The topological polar surface area (TPSA) is 71.6 Å². The molecule has 2 unspecified atom stereocenters. The van der Waals surface area contributed by atoms with Crippen LogP contribution < -0.4 is 10.6 Å². The van der Waals surface area contributed by atoms with Crippen molar-refractivity contribution in [2.75, 3.05) is 24.7 Å². The second kappa shape index (κ2) is 5.65. The van der Waals surface area contributed by atoms with Gasteiger partial charge in [-0.05, 0) is 19.9 Å². The lowest BCUT2D eigenvalue weighted by Crippen LogP contribution is -2.50. The highest BCUT2D eigenvalue weighted by molar-refractivity contribution is 5.49. The van der Waals surface area contributed by atoms with E-state index < -0.39 is 0 Å². The van der Waals surface area contributed by atoms with Crippen molar-refractivity contribution in [1.29, 1.82) is 0 Å². The molecule has 3 atom stereocenters. The first kappa shape index (κ1) is 13.3. The van der Waals surface area contributed by atoms with Gasteiger partial charge in [0.1, 0.15) is 5.82 Å². The molecule has 2 heterocycles. The van der Waals surface area contributed by atoms with E-state index in [1.807, 2.05) is 19.1 Å². The van der Waals surface area contributed by atoms with Gasteiger partial charge in [-0.1, -0.05) is 6.07 Å². The quantitative estimate of drug-likeness (QED) is 0.827. The molecule has 3 N–H and O–H groups in total. The summed E-state index contributed by atoms with van der Waals surface area (Å²) in [6.45, 7) is 5.32. The molecule has 0 amide bonds. The molecule has 1 aliphatic rings. The Labute approximate surface area is 108 Å². The fourth-order valence-corrected chi connectivity index (χ4v) is 2.23. The van der Waals surface area contributed by atoms with Gasteiger partial charge in [0.05, 0.1) is 25.4 Å². The molecule has 1 aromatic rings. The third-order valence-electron chi connectivity index (χ3n) is 3.29. The number of nitrogens with zero attached hydrogens (tertiary/aromatic N) is 2. The SMILES string of the molecule is CC1COC(CO)CN1c1ncccc1[C@H](C)N. The average Bonchev–Trinajstić information content (AvgIpc) is 2.39. The smallest absolute Gasteiger partial charge is 0.133 e. The van der Waals surface area contributed by atoms with Gasteiger partial charge in [0.15, 0.2) is 0 Å². The van der Waals surface area contributed by atoms with Crippen LogP contribution in [0.4, 0.5) is 5.82 Å². The van der Waals surface area contributed by atoms with E-state index in [1.54, 1.807) is 6.20 Å². The van der Waals surface area contributed by atoms with Crippen LogP contribution in [0.15, 0.2) is 18.3 Å². The standard InChI is InChI=1S/C13H21N3O2/c1-9-8-18-11(7-17)6-16(9)13-12(10(2)14)4-3-5-15-13/h3-5,9-11,17H,6-8,14H2,1-2H3/t9?,10-,11?/m0/s1. The highest BCUT2D eigenvalue weighted by Crippen LogP contribution is 2.26. The Balaban J connectivity index is 2.28. The van der Waals surface area contributed by atoms with Gasteiger partial charge in [0.2, 0.25) is 0 Å². The third-order valence-corrected chi connectivity index (χ3v) is 3.29. The van der Waals surface area contributed by atoms with E-state index in [4.69, 9.17) is 10.5 Å². The largest absolute Gasteiger partial charge is 0.394 e. The summed E-state index contributed by atoms with van der Waals surface area (Å²) in [6.07, 6.45) is 1.63. The summed E-state index contributed by atoms with van der Waals surface area (Å²) < 4.78 is 5.54. The minimum Gasteiger partial charge on any atom is -0.394 e. The Morgan fingerprint density at radius 3 is 3.11 bits per heavy atom. The van der Waals surface area contributed by atoms with Crippen molar-refractivity contribution in [3.8, 4) is 0 Å². The lowest BCUT2D eigenvalue weighted by Gasteiger charge is -2.39. The van der Waals surface area contributed by atoms with Crippen LogP contribution in [0.3, 0.4) is 0 Å². The Kier molecular flexibility index (Phi) is 4.16. The Morgan fingerprint density at radius 2 is 2.44 bits per heavy atom. The van der Waals surface area contributed by atoms with E-state index in [0.717, 1.165) is 11.4 Å². The minimum atomic E-state index is -0.149. The number of anilines is 1. The van der Waals surface area contributed by atoms with Crippen LogP contribution in [0.25, 0.3) is 0 Å². The maximum atomic E-state index is 9.22. The molecule has 0 saturated carbocycles. The Morgan fingerprint density at radius 1 is 1.67 bits per heavy atom. The maximum absolute atomic E-state index is 9.22. The fraction of sp³-hybridized carbons (Fsp3) is 0.615. The maximum Gasteiger partial charge on any atom is 0.133 e. The molecule has 0 aromatic carbocycles. The average molecular weight is 251 g/mol. The van der Waals surface area contributed by atoms with Crippen molar-refractivity contribution >= 4 is 5.82 Å². The summed E-state index contributed by atoms with van der Waals surface area (Å²) in [7, 11) is 0. The molecular formula is C13H21N3O2. The highest BCUT2D eigenvalue weighted by atomic mass is 16.5. The molecule has 1 aromatic heterocycles. The second-order valence-corrected chi connectivity index (χ2v) is 4.84. The highest BCUT2D eigenvalue weighted by Gasteiger charge is 2.28. The number of morpholine rings is 1. The molecule has 5 nitrogen and oxygen atoms in total. The third kappa shape index (κ3) is 2.63. The summed E-state index contributed by atoms with van der Waals surface area (Å²) >= 11 is 0. The molecule has 0 bridgehead atoms. The molecule has 100 valence electrons. The molecule has 1 aliphatic heterocycles. The summed E-state index contributed by atoms with van der Waals surface area (Å²) in [4.78, 5) is 6.62. The summed E-state index contributed by atoms with van der Waals surface area (Å²) in [6, 6.07) is 4.08. The van der Waals surface area contributed by atoms with Gasteiger partial charge in [0, 0.05) is 24.3 Å². The zero-order valence-electron chi connectivity index (χ0n) is 10.9. The van der Waals surface area contributed by atoms with Crippen molar-refractivity contribution in [2.45, 2.75) is 32.0 Å². The normalized spacial score (nSPS) is 26.1. The lowest BCUT2D eigenvalue weighted by molar-refractivity contribution is -0.0106. The van der Waals surface area contributed by atoms with Crippen molar-refractivity contribution in [3.63, 3.8) is 0 Å². The minimum absolute atomic E-state index is 0.0313. The zero-order chi connectivity index (χ0) is 13.1. The lowest BCUT2D eigenvalue weighted by atomic mass is 10.1. The number of aliphatic hydroxyl groups is 1. The monoisotopic (exact) mass is 251 g/mol. The number of nitrogens with two attached hydrogens (primary N) is 1. The first-order chi connectivity index (χ1) is 8.63. The van der Waals surface area contributed by atoms with Gasteiger partial charge in [-0.3, -0.25) is 0 Å². The van der Waals surface area contributed by atoms with Gasteiger partial charge in [0.25, 0.3) is 0 Å². The molecule has 18 heavy (non-hydrogen) atoms. The number of ether oxygens (including phenoxy) is 1. The van der Waals surface area contributed by atoms with Gasteiger partial charge in [-0.15, -0.1) is 0 Å². The number of rotatable bonds is 3. The first-order valence-corrected chi connectivity index (χ1v) is 6.33. The number of aromatic nitrogens is 1. The molecule has 0 aliphatic carbocycles. The number of pyridine rings is 1. The Bertz CT molecular complexity index is 398. The summed E-state index contributed by atoms with van der Waals surface area (Å²) in [5, 5.41) is 9.22. The van der Waals surface area contributed by atoms with Gasteiger partial charge in [-0.25, -0.2) is 4.98 Å². The molecule has 1 saturated heterocycles. The van der Waals surface area contributed by atoms with E-state index in [2.05, 4.69) is 16.8 Å². The van der Waals surface area contributed by atoms with E-state index in [9.17, 15) is 5.11 Å². The van der Waals surface area contributed by atoms with Crippen LogP contribution in [0.5, 0.6) is 0 Å². The van der Waals surface area contributed by atoms with E-state index in [0.29, 0.717) is 13.2 Å². The van der Waals surface area contributed by atoms with Crippen molar-refractivity contribution in [2.24, 2.45) is 5.73 Å². The van der Waals surface area contributed by atoms with Crippen LogP contribution >= 0.6 is 0 Å². The van der Waals surface area contributed by atoms with Gasteiger partial charge < -0.3 is 20.5 Å². The van der Waals surface area contributed by atoms with E-state index in [-0.39, 0.29) is 24.8 Å². The second-order valence-electron chi connectivity index (χ2n) is 4.84. The van der Waals surface area contributed by atoms with Crippen molar-refractivity contribution < 1.29 is 9.84 Å². The van der Waals surface area contributed by atoms with Crippen molar-refractivity contribution in [1.82, 2.24) is 4.98 Å². The molecule has 0 spiro atoms.